The Bertz CT molecular complexity index is 395. The van der Waals surface area contributed by atoms with Crippen LogP contribution in [0.4, 0.5) is 5.82 Å². The second kappa shape index (κ2) is 4.65. The number of hydrogen-bond donors (Lipinski definition) is 3. The smallest absolute Gasteiger partial charge is 0.252 e. The molecule has 1 aromatic rings. The van der Waals surface area contributed by atoms with Crippen molar-refractivity contribution in [2.45, 2.75) is 37.6 Å². The molecule has 1 heterocycles. The highest BCUT2D eigenvalue weighted by molar-refractivity contribution is 5.36. The van der Waals surface area contributed by atoms with Gasteiger partial charge in [0.2, 0.25) is 0 Å². The van der Waals surface area contributed by atoms with E-state index in [4.69, 9.17) is 5.73 Å². The summed E-state index contributed by atoms with van der Waals surface area (Å²) in [5.41, 5.74) is 5.64. The number of H-pyrrole nitrogens is 1. The van der Waals surface area contributed by atoms with E-state index < -0.39 is 0 Å². The van der Waals surface area contributed by atoms with Crippen molar-refractivity contribution < 1.29 is 0 Å². The van der Waals surface area contributed by atoms with Crippen molar-refractivity contribution >= 4 is 5.82 Å². The fourth-order valence-electron chi connectivity index (χ4n) is 2.32. The molecule has 5 nitrogen and oxygen atoms in total. The summed E-state index contributed by atoms with van der Waals surface area (Å²) in [6.45, 7) is 0.585. The number of nitrogens with zero attached hydrogens (tertiary/aromatic N) is 1. The van der Waals surface area contributed by atoms with Crippen molar-refractivity contribution in [2.75, 3.05) is 11.9 Å². The highest BCUT2D eigenvalue weighted by atomic mass is 16.1. The Kier molecular flexibility index (Phi) is 3.24. The van der Waals surface area contributed by atoms with Crippen molar-refractivity contribution in [1.82, 2.24) is 9.97 Å². The second-order valence-electron chi connectivity index (χ2n) is 4.47. The average molecular weight is 222 g/mol. The van der Waals surface area contributed by atoms with Gasteiger partial charge >= 0.3 is 0 Å². The first-order valence-corrected chi connectivity index (χ1v) is 5.77. The number of nitrogens with one attached hydrogen (secondary N) is 2. The highest BCUT2D eigenvalue weighted by Gasteiger charge is 2.30. The summed E-state index contributed by atoms with van der Waals surface area (Å²) in [5, 5.41) is 3.33. The molecule has 0 unspecified atom stereocenters. The van der Waals surface area contributed by atoms with Gasteiger partial charge in [0, 0.05) is 12.6 Å². The van der Waals surface area contributed by atoms with E-state index in [0.29, 0.717) is 12.4 Å². The first kappa shape index (κ1) is 11.1. The van der Waals surface area contributed by atoms with Crippen LogP contribution in [0.3, 0.4) is 0 Å². The SMILES string of the molecule is NCC1(Nc2cc(=O)[nH]cn2)CCCCC1. The number of hydrogen-bond acceptors (Lipinski definition) is 4. The number of aromatic nitrogens is 2. The lowest BCUT2D eigenvalue weighted by Crippen LogP contribution is -2.47. The van der Waals surface area contributed by atoms with Gasteiger partial charge < -0.3 is 16.0 Å². The van der Waals surface area contributed by atoms with Crippen LogP contribution < -0.4 is 16.6 Å². The summed E-state index contributed by atoms with van der Waals surface area (Å²) in [6, 6.07) is 1.48. The van der Waals surface area contributed by atoms with Crippen LogP contribution in [0.1, 0.15) is 32.1 Å². The molecule has 0 atom stereocenters. The summed E-state index contributed by atoms with van der Waals surface area (Å²) in [7, 11) is 0. The summed E-state index contributed by atoms with van der Waals surface area (Å²) < 4.78 is 0. The number of nitrogens with two attached hydrogens (primary N) is 1. The molecule has 2 rings (SSSR count). The molecule has 0 spiro atoms. The molecule has 1 saturated carbocycles. The lowest BCUT2D eigenvalue weighted by Gasteiger charge is -2.37. The zero-order chi connectivity index (χ0) is 11.4. The first-order chi connectivity index (χ1) is 7.74. The summed E-state index contributed by atoms with van der Waals surface area (Å²) >= 11 is 0. The van der Waals surface area contributed by atoms with E-state index in [1.807, 2.05) is 0 Å². The Hall–Kier alpha value is -1.36. The zero-order valence-corrected chi connectivity index (χ0v) is 9.33. The summed E-state index contributed by atoms with van der Waals surface area (Å²) in [5.74, 6) is 0.621. The maximum Gasteiger partial charge on any atom is 0.252 e. The molecular formula is C11H18N4O. The standard InChI is InChI=1S/C11H18N4O/c12-7-11(4-2-1-3-5-11)15-9-6-10(16)14-8-13-9/h6,8H,1-5,7,12H2,(H2,13,14,15,16). The molecule has 4 N–H and O–H groups in total. The number of anilines is 1. The quantitative estimate of drug-likeness (QED) is 0.707. The minimum Gasteiger partial charge on any atom is -0.363 e. The van der Waals surface area contributed by atoms with Crippen molar-refractivity contribution in [3.8, 4) is 0 Å². The van der Waals surface area contributed by atoms with E-state index in [1.54, 1.807) is 0 Å². The van der Waals surface area contributed by atoms with Crippen LogP contribution in [0.25, 0.3) is 0 Å². The maximum atomic E-state index is 11.2. The van der Waals surface area contributed by atoms with E-state index in [1.165, 1.54) is 31.7 Å². The lowest BCUT2D eigenvalue weighted by molar-refractivity contribution is 0.330. The van der Waals surface area contributed by atoms with E-state index in [2.05, 4.69) is 15.3 Å². The fourth-order valence-corrected chi connectivity index (χ4v) is 2.32. The van der Waals surface area contributed by atoms with E-state index >= 15 is 0 Å². The molecule has 0 saturated heterocycles. The second-order valence-corrected chi connectivity index (χ2v) is 4.47. The van der Waals surface area contributed by atoms with Crippen LogP contribution in [-0.4, -0.2) is 22.1 Å². The Morgan fingerprint density at radius 1 is 1.44 bits per heavy atom. The van der Waals surface area contributed by atoms with Gasteiger partial charge in [0.25, 0.3) is 5.56 Å². The van der Waals surface area contributed by atoms with E-state index in [9.17, 15) is 4.79 Å². The van der Waals surface area contributed by atoms with Crippen LogP contribution in [0.15, 0.2) is 17.2 Å². The van der Waals surface area contributed by atoms with Gasteiger partial charge in [-0.05, 0) is 12.8 Å². The fraction of sp³-hybridized carbons (Fsp3) is 0.636. The van der Waals surface area contributed by atoms with Crippen LogP contribution in [-0.2, 0) is 0 Å². The van der Waals surface area contributed by atoms with Gasteiger partial charge in [0.1, 0.15) is 5.82 Å². The van der Waals surface area contributed by atoms with Crippen LogP contribution in [0, 0.1) is 0 Å². The Balaban J connectivity index is 2.14. The Morgan fingerprint density at radius 2 is 2.19 bits per heavy atom. The summed E-state index contributed by atoms with van der Waals surface area (Å²) in [6.07, 6.45) is 7.17. The molecule has 0 amide bonds. The van der Waals surface area contributed by atoms with Crippen molar-refractivity contribution in [1.29, 1.82) is 0 Å². The van der Waals surface area contributed by atoms with Gasteiger partial charge in [0.15, 0.2) is 0 Å². The average Bonchev–Trinajstić information content (AvgIpc) is 2.30. The third-order valence-electron chi connectivity index (χ3n) is 3.27. The topological polar surface area (TPSA) is 83.8 Å². The van der Waals surface area contributed by atoms with Crippen molar-refractivity contribution in [3.63, 3.8) is 0 Å². The molecule has 5 heteroatoms. The first-order valence-electron chi connectivity index (χ1n) is 5.77. The minimum atomic E-state index is -0.138. The zero-order valence-electron chi connectivity index (χ0n) is 9.33. The molecule has 0 aliphatic heterocycles. The Labute approximate surface area is 94.5 Å². The van der Waals surface area contributed by atoms with E-state index in [0.717, 1.165) is 12.8 Å². The molecule has 16 heavy (non-hydrogen) atoms. The summed E-state index contributed by atoms with van der Waals surface area (Å²) in [4.78, 5) is 17.8. The third-order valence-corrected chi connectivity index (χ3v) is 3.27. The molecule has 0 radical (unpaired) electrons. The molecule has 0 bridgehead atoms. The molecule has 0 aromatic carbocycles. The normalized spacial score (nSPS) is 19.3. The predicted molar refractivity (Wildman–Crippen MR) is 63.4 cm³/mol. The molecule has 1 aliphatic rings. The molecule has 1 aromatic heterocycles. The highest BCUT2D eigenvalue weighted by Crippen LogP contribution is 2.29. The molecule has 88 valence electrons. The predicted octanol–water partition coefficient (Wildman–Crippen LogP) is 0.843. The van der Waals surface area contributed by atoms with Crippen LogP contribution in [0.2, 0.25) is 0 Å². The number of aromatic amines is 1. The van der Waals surface area contributed by atoms with Gasteiger partial charge in [-0.25, -0.2) is 4.98 Å². The monoisotopic (exact) mass is 222 g/mol. The van der Waals surface area contributed by atoms with Gasteiger partial charge in [0.05, 0.1) is 11.9 Å². The maximum absolute atomic E-state index is 11.2. The van der Waals surface area contributed by atoms with Gasteiger partial charge in [-0.2, -0.15) is 0 Å². The Morgan fingerprint density at radius 3 is 2.81 bits per heavy atom. The van der Waals surface area contributed by atoms with Crippen LogP contribution >= 0.6 is 0 Å². The molecule has 1 fully saturated rings. The lowest BCUT2D eigenvalue weighted by atomic mass is 9.82. The third kappa shape index (κ3) is 2.41. The molecular weight excluding hydrogens is 204 g/mol. The number of rotatable bonds is 3. The molecule has 1 aliphatic carbocycles. The largest absolute Gasteiger partial charge is 0.363 e. The van der Waals surface area contributed by atoms with Gasteiger partial charge in [-0.1, -0.05) is 19.3 Å². The van der Waals surface area contributed by atoms with Crippen molar-refractivity contribution in [2.24, 2.45) is 5.73 Å². The van der Waals surface area contributed by atoms with Gasteiger partial charge in [-0.3, -0.25) is 4.79 Å². The minimum absolute atomic E-state index is 0.0704. The van der Waals surface area contributed by atoms with E-state index in [-0.39, 0.29) is 11.1 Å². The van der Waals surface area contributed by atoms with Crippen LogP contribution in [0.5, 0.6) is 0 Å². The van der Waals surface area contributed by atoms with Gasteiger partial charge in [-0.15, -0.1) is 0 Å². The van der Waals surface area contributed by atoms with Crippen molar-refractivity contribution in [3.05, 3.63) is 22.7 Å².